The smallest absolute Gasteiger partial charge is 0.407 e. The molecular formula is C23H40N2O9. The van der Waals surface area contributed by atoms with Gasteiger partial charge in [0.2, 0.25) is 0 Å². The summed E-state index contributed by atoms with van der Waals surface area (Å²) in [5, 5.41) is 13.7. The molecule has 0 aromatic carbocycles. The van der Waals surface area contributed by atoms with Gasteiger partial charge in [0.25, 0.3) is 0 Å². The SMILES string of the molecule is C=C(C)C(=O)OCCCOCCNC(=O)OCC(CCCCCCCC(=O)O)OC(=O)NCC. The summed E-state index contributed by atoms with van der Waals surface area (Å²) in [6, 6.07) is 0. The van der Waals surface area contributed by atoms with Crippen LogP contribution in [0.4, 0.5) is 9.59 Å². The van der Waals surface area contributed by atoms with Crippen molar-refractivity contribution in [2.45, 2.75) is 71.3 Å². The molecule has 0 aromatic rings. The van der Waals surface area contributed by atoms with E-state index < -0.39 is 30.2 Å². The van der Waals surface area contributed by atoms with Crippen molar-refractivity contribution in [2.24, 2.45) is 0 Å². The van der Waals surface area contributed by atoms with Crippen molar-refractivity contribution in [3.8, 4) is 0 Å². The van der Waals surface area contributed by atoms with Gasteiger partial charge in [-0.1, -0.05) is 25.8 Å². The number of unbranched alkanes of at least 4 members (excludes halogenated alkanes) is 4. The molecule has 0 radical (unpaired) electrons. The molecule has 0 aliphatic rings. The predicted octanol–water partition coefficient (Wildman–Crippen LogP) is 3.17. The normalized spacial score (nSPS) is 11.2. The van der Waals surface area contributed by atoms with Crippen LogP contribution in [-0.4, -0.2) is 74.9 Å². The van der Waals surface area contributed by atoms with Crippen molar-refractivity contribution in [1.29, 1.82) is 0 Å². The Labute approximate surface area is 201 Å². The Morgan fingerprint density at radius 2 is 1.59 bits per heavy atom. The molecule has 0 saturated heterocycles. The number of hydrogen-bond acceptors (Lipinski definition) is 8. The quantitative estimate of drug-likeness (QED) is 0.102. The maximum atomic E-state index is 11.9. The van der Waals surface area contributed by atoms with E-state index in [-0.39, 0.29) is 32.8 Å². The standard InChI is InChI=1S/C23H40N2O9/c1-4-24-23(30)34-19(11-8-6-5-7-9-12-20(26)27)17-33-22(29)25-13-16-31-14-10-15-32-21(28)18(2)3/h19H,2,4-17H2,1,3H3,(H,24,30)(H,25,29)(H,26,27). The molecule has 0 aliphatic carbocycles. The van der Waals surface area contributed by atoms with Gasteiger partial charge in [-0.05, 0) is 33.1 Å². The third kappa shape index (κ3) is 19.8. The molecule has 0 aromatic heterocycles. The van der Waals surface area contributed by atoms with Crippen molar-refractivity contribution in [1.82, 2.24) is 10.6 Å². The summed E-state index contributed by atoms with van der Waals surface area (Å²) < 4.78 is 20.8. The van der Waals surface area contributed by atoms with Gasteiger partial charge in [0.1, 0.15) is 12.7 Å². The number of ether oxygens (including phenoxy) is 4. The van der Waals surface area contributed by atoms with Crippen molar-refractivity contribution in [3.05, 3.63) is 12.2 Å². The number of carboxylic acid groups (broad SMARTS) is 1. The Bertz CT molecular complexity index is 626. The topological polar surface area (TPSA) is 149 Å². The van der Waals surface area contributed by atoms with Gasteiger partial charge in [0.15, 0.2) is 0 Å². The summed E-state index contributed by atoms with van der Waals surface area (Å²) in [5.41, 5.74) is 0.343. The van der Waals surface area contributed by atoms with E-state index in [9.17, 15) is 19.2 Å². The van der Waals surface area contributed by atoms with Gasteiger partial charge in [0, 0.05) is 38.1 Å². The van der Waals surface area contributed by atoms with Gasteiger partial charge in [-0.15, -0.1) is 0 Å². The minimum atomic E-state index is -0.793. The lowest BCUT2D eigenvalue weighted by atomic mass is 10.1. The molecule has 196 valence electrons. The number of alkyl carbamates (subject to hydrolysis) is 2. The van der Waals surface area contributed by atoms with Crippen molar-refractivity contribution in [2.75, 3.05) is 39.5 Å². The summed E-state index contributed by atoms with van der Waals surface area (Å²) in [5.74, 6) is -1.23. The Hall–Kier alpha value is -2.82. The van der Waals surface area contributed by atoms with Crippen LogP contribution in [0.2, 0.25) is 0 Å². The van der Waals surface area contributed by atoms with Crippen LogP contribution in [-0.2, 0) is 28.5 Å². The van der Waals surface area contributed by atoms with E-state index in [1.165, 1.54) is 0 Å². The van der Waals surface area contributed by atoms with Crippen LogP contribution >= 0.6 is 0 Å². The molecule has 0 aliphatic heterocycles. The van der Waals surface area contributed by atoms with Gasteiger partial charge in [-0.2, -0.15) is 0 Å². The van der Waals surface area contributed by atoms with Crippen LogP contribution in [0.5, 0.6) is 0 Å². The van der Waals surface area contributed by atoms with Crippen LogP contribution in [0, 0.1) is 0 Å². The molecule has 1 atom stereocenters. The number of esters is 1. The van der Waals surface area contributed by atoms with E-state index in [2.05, 4.69) is 17.2 Å². The van der Waals surface area contributed by atoms with Crippen LogP contribution in [0.3, 0.4) is 0 Å². The molecule has 34 heavy (non-hydrogen) atoms. The summed E-state index contributed by atoms with van der Waals surface area (Å²) in [6.45, 7) is 8.30. The van der Waals surface area contributed by atoms with Crippen molar-refractivity contribution >= 4 is 24.1 Å². The fourth-order valence-electron chi connectivity index (χ4n) is 2.69. The first-order valence-electron chi connectivity index (χ1n) is 11.7. The number of carboxylic acids is 1. The number of amides is 2. The molecule has 0 fully saturated rings. The highest BCUT2D eigenvalue weighted by atomic mass is 16.6. The Morgan fingerprint density at radius 1 is 0.882 bits per heavy atom. The first-order valence-corrected chi connectivity index (χ1v) is 11.7. The first kappa shape index (κ1) is 31.2. The van der Waals surface area contributed by atoms with E-state index in [0.717, 1.165) is 25.7 Å². The van der Waals surface area contributed by atoms with Crippen molar-refractivity contribution in [3.63, 3.8) is 0 Å². The van der Waals surface area contributed by atoms with Gasteiger partial charge in [-0.25, -0.2) is 14.4 Å². The molecule has 11 nitrogen and oxygen atoms in total. The first-order chi connectivity index (χ1) is 16.3. The van der Waals surface area contributed by atoms with E-state index in [4.69, 9.17) is 24.1 Å². The minimum absolute atomic E-state index is 0.0725. The zero-order valence-electron chi connectivity index (χ0n) is 20.4. The number of nitrogens with one attached hydrogen (secondary N) is 2. The summed E-state index contributed by atoms with van der Waals surface area (Å²) in [7, 11) is 0. The second-order valence-electron chi connectivity index (χ2n) is 7.67. The molecule has 0 bridgehead atoms. The fourth-order valence-corrected chi connectivity index (χ4v) is 2.69. The molecule has 0 heterocycles. The second kappa shape index (κ2) is 20.8. The lowest BCUT2D eigenvalue weighted by Gasteiger charge is -2.18. The Morgan fingerprint density at radius 3 is 2.26 bits per heavy atom. The third-order valence-electron chi connectivity index (χ3n) is 4.44. The number of carbonyl (C=O) groups excluding carboxylic acids is 3. The van der Waals surface area contributed by atoms with Crippen LogP contribution in [0.1, 0.15) is 65.2 Å². The lowest BCUT2D eigenvalue weighted by molar-refractivity contribution is -0.139. The molecule has 1 unspecified atom stereocenters. The second-order valence-corrected chi connectivity index (χ2v) is 7.67. The van der Waals surface area contributed by atoms with E-state index >= 15 is 0 Å². The maximum Gasteiger partial charge on any atom is 0.407 e. The Balaban J connectivity index is 4.00. The van der Waals surface area contributed by atoms with Crippen molar-refractivity contribution < 1.29 is 43.2 Å². The number of rotatable bonds is 20. The third-order valence-corrected chi connectivity index (χ3v) is 4.44. The largest absolute Gasteiger partial charge is 0.481 e. The van der Waals surface area contributed by atoms with Gasteiger partial charge >= 0.3 is 24.1 Å². The number of aliphatic carboxylic acids is 1. The molecule has 0 rings (SSSR count). The number of hydrogen-bond donors (Lipinski definition) is 3. The molecule has 3 N–H and O–H groups in total. The van der Waals surface area contributed by atoms with Crippen LogP contribution in [0.25, 0.3) is 0 Å². The monoisotopic (exact) mass is 488 g/mol. The van der Waals surface area contributed by atoms with Gasteiger partial charge in [-0.3, -0.25) is 4.79 Å². The zero-order chi connectivity index (χ0) is 25.6. The maximum absolute atomic E-state index is 11.9. The highest BCUT2D eigenvalue weighted by Crippen LogP contribution is 2.11. The van der Waals surface area contributed by atoms with Gasteiger partial charge < -0.3 is 34.7 Å². The van der Waals surface area contributed by atoms with Crippen LogP contribution in [0.15, 0.2) is 12.2 Å². The zero-order valence-corrected chi connectivity index (χ0v) is 20.4. The summed E-state index contributed by atoms with van der Waals surface area (Å²) in [6.07, 6.45) is 3.43. The van der Waals surface area contributed by atoms with Crippen LogP contribution < -0.4 is 10.6 Å². The average molecular weight is 489 g/mol. The van der Waals surface area contributed by atoms with Gasteiger partial charge in [0.05, 0.1) is 13.2 Å². The minimum Gasteiger partial charge on any atom is -0.481 e. The molecule has 2 amide bonds. The predicted molar refractivity (Wildman–Crippen MR) is 124 cm³/mol. The molecule has 11 heteroatoms. The highest BCUT2D eigenvalue weighted by Gasteiger charge is 2.16. The molecule has 0 saturated carbocycles. The van der Waals surface area contributed by atoms with E-state index in [1.807, 2.05) is 0 Å². The lowest BCUT2D eigenvalue weighted by Crippen LogP contribution is -2.34. The number of carbonyl (C=O) groups is 4. The highest BCUT2D eigenvalue weighted by molar-refractivity contribution is 5.86. The molecule has 0 spiro atoms. The summed E-state index contributed by atoms with van der Waals surface area (Å²) in [4.78, 5) is 45.3. The van der Waals surface area contributed by atoms with E-state index in [0.29, 0.717) is 38.0 Å². The Kier molecular flexibility index (Phi) is 19.0. The van der Waals surface area contributed by atoms with E-state index in [1.54, 1.807) is 13.8 Å². The summed E-state index contributed by atoms with van der Waals surface area (Å²) >= 11 is 0. The average Bonchev–Trinajstić information content (AvgIpc) is 2.77. The fraction of sp³-hybridized carbons (Fsp3) is 0.739. The molecular weight excluding hydrogens is 448 g/mol.